The van der Waals surface area contributed by atoms with Gasteiger partial charge in [0.05, 0.1) is 5.54 Å². The molecule has 1 unspecified atom stereocenters. The van der Waals surface area contributed by atoms with Gasteiger partial charge >= 0.3 is 0 Å². The van der Waals surface area contributed by atoms with Crippen LogP contribution in [0.4, 0.5) is 0 Å². The summed E-state index contributed by atoms with van der Waals surface area (Å²) in [5.74, 6) is 0.664. The van der Waals surface area contributed by atoms with Gasteiger partial charge in [0.25, 0.3) is 0 Å². The van der Waals surface area contributed by atoms with E-state index < -0.39 is 5.54 Å². The number of amides is 1. The Balaban J connectivity index is 2.19. The first kappa shape index (κ1) is 13.5. The zero-order valence-corrected chi connectivity index (χ0v) is 10.8. The van der Waals surface area contributed by atoms with Gasteiger partial charge in [-0.15, -0.1) is 0 Å². The van der Waals surface area contributed by atoms with Crippen LogP contribution in [0.3, 0.4) is 0 Å². The third kappa shape index (κ3) is 4.10. The summed E-state index contributed by atoms with van der Waals surface area (Å²) in [5.41, 5.74) is 4.82. The Morgan fingerprint density at radius 1 is 1.56 bits per heavy atom. The van der Waals surface area contributed by atoms with E-state index in [9.17, 15) is 4.79 Å². The highest BCUT2D eigenvalue weighted by atomic mass is 16.1. The minimum atomic E-state index is -0.555. The van der Waals surface area contributed by atoms with Crippen molar-refractivity contribution in [1.29, 1.82) is 0 Å². The molecule has 0 spiro atoms. The zero-order chi connectivity index (χ0) is 12.2. The van der Waals surface area contributed by atoms with E-state index in [4.69, 9.17) is 5.73 Å². The third-order valence-corrected chi connectivity index (χ3v) is 3.58. The smallest absolute Gasteiger partial charge is 0.237 e. The highest BCUT2D eigenvalue weighted by Gasteiger charge is 2.28. The molecule has 4 heteroatoms. The molecule has 4 nitrogen and oxygen atoms in total. The number of nitrogens with two attached hydrogens (primary N) is 1. The number of rotatable bonds is 8. The molecule has 1 aliphatic carbocycles. The quantitative estimate of drug-likeness (QED) is 0.637. The van der Waals surface area contributed by atoms with Crippen molar-refractivity contribution in [1.82, 2.24) is 10.2 Å². The van der Waals surface area contributed by atoms with Gasteiger partial charge in [-0.2, -0.15) is 0 Å². The van der Waals surface area contributed by atoms with E-state index in [2.05, 4.69) is 17.3 Å². The summed E-state index contributed by atoms with van der Waals surface area (Å²) in [4.78, 5) is 13.6. The van der Waals surface area contributed by atoms with Gasteiger partial charge in [-0.05, 0) is 59.2 Å². The molecule has 0 saturated heterocycles. The van der Waals surface area contributed by atoms with Crippen LogP contribution in [-0.4, -0.2) is 43.5 Å². The summed E-state index contributed by atoms with van der Waals surface area (Å²) < 4.78 is 0. The highest BCUT2D eigenvalue weighted by molar-refractivity contribution is 5.84. The minimum absolute atomic E-state index is 0.264. The SMILES string of the molecule is CNC(C)(CCCN(C)CC1CC1)C(N)=O. The van der Waals surface area contributed by atoms with Crippen molar-refractivity contribution >= 4 is 5.91 Å². The van der Waals surface area contributed by atoms with E-state index in [1.807, 2.05) is 6.92 Å². The molecule has 1 rings (SSSR count). The van der Waals surface area contributed by atoms with E-state index in [0.29, 0.717) is 0 Å². The molecule has 0 radical (unpaired) electrons. The van der Waals surface area contributed by atoms with Crippen LogP contribution in [0, 0.1) is 5.92 Å². The molecule has 1 amide bonds. The van der Waals surface area contributed by atoms with Crippen molar-refractivity contribution in [3.8, 4) is 0 Å². The van der Waals surface area contributed by atoms with Crippen LogP contribution in [0.15, 0.2) is 0 Å². The third-order valence-electron chi connectivity index (χ3n) is 3.58. The predicted octanol–water partition coefficient (Wildman–Crippen LogP) is 0.572. The van der Waals surface area contributed by atoms with Gasteiger partial charge in [-0.1, -0.05) is 0 Å². The molecular formula is C12H25N3O. The zero-order valence-electron chi connectivity index (χ0n) is 10.8. The van der Waals surface area contributed by atoms with Gasteiger partial charge in [-0.25, -0.2) is 0 Å². The second-order valence-corrected chi connectivity index (χ2v) is 5.26. The van der Waals surface area contributed by atoms with Gasteiger partial charge in [0, 0.05) is 6.54 Å². The van der Waals surface area contributed by atoms with Gasteiger partial charge < -0.3 is 16.0 Å². The number of hydrogen-bond donors (Lipinski definition) is 2. The molecule has 16 heavy (non-hydrogen) atoms. The van der Waals surface area contributed by atoms with E-state index in [1.54, 1.807) is 7.05 Å². The lowest BCUT2D eigenvalue weighted by Crippen LogP contribution is -2.51. The van der Waals surface area contributed by atoms with Crippen LogP contribution < -0.4 is 11.1 Å². The summed E-state index contributed by atoms with van der Waals surface area (Å²) in [6.07, 6.45) is 4.58. The Morgan fingerprint density at radius 2 is 2.19 bits per heavy atom. The largest absolute Gasteiger partial charge is 0.368 e. The lowest BCUT2D eigenvalue weighted by Gasteiger charge is -2.26. The number of hydrogen-bond acceptors (Lipinski definition) is 3. The number of likely N-dealkylation sites (N-methyl/N-ethyl adjacent to an activating group) is 1. The summed E-state index contributed by atoms with van der Waals surface area (Å²) in [5, 5.41) is 3.01. The fraction of sp³-hybridized carbons (Fsp3) is 0.917. The van der Waals surface area contributed by atoms with Gasteiger partial charge in [0.2, 0.25) is 5.91 Å². The fourth-order valence-corrected chi connectivity index (χ4v) is 1.91. The Labute approximate surface area is 98.6 Å². The summed E-state index contributed by atoms with van der Waals surface area (Å²) in [7, 11) is 3.94. The average molecular weight is 227 g/mol. The second kappa shape index (κ2) is 5.64. The lowest BCUT2D eigenvalue weighted by atomic mass is 9.95. The van der Waals surface area contributed by atoms with Gasteiger partial charge in [0.1, 0.15) is 0 Å². The van der Waals surface area contributed by atoms with Crippen molar-refractivity contribution in [3.63, 3.8) is 0 Å². The second-order valence-electron chi connectivity index (χ2n) is 5.26. The van der Waals surface area contributed by atoms with E-state index >= 15 is 0 Å². The molecule has 1 saturated carbocycles. The maximum atomic E-state index is 11.3. The molecule has 0 heterocycles. The lowest BCUT2D eigenvalue weighted by molar-refractivity contribution is -0.123. The average Bonchev–Trinajstić information content (AvgIpc) is 3.01. The van der Waals surface area contributed by atoms with Crippen molar-refractivity contribution in [3.05, 3.63) is 0 Å². The van der Waals surface area contributed by atoms with Crippen LogP contribution in [0.1, 0.15) is 32.6 Å². The van der Waals surface area contributed by atoms with Crippen LogP contribution in [0.2, 0.25) is 0 Å². The van der Waals surface area contributed by atoms with Crippen LogP contribution in [0.5, 0.6) is 0 Å². The van der Waals surface area contributed by atoms with Crippen LogP contribution in [0.25, 0.3) is 0 Å². The van der Waals surface area contributed by atoms with Crippen molar-refractivity contribution in [2.24, 2.45) is 11.7 Å². The van der Waals surface area contributed by atoms with Crippen LogP contribution >= 0.6 is 0 Å². The van der Waals surface area contributed by atoms with Gasteiger partial charge in [-0.3, -0.25) is 4.79 Å². The van der Waals surface area contributed by atoms with Gasteiger partial charge in [0.15, 0.2) is 0 Å². The van der Waals surface area contributed by atoms with E-state index in [0.717, 1.165) is 25.3 Å². The Kier molecular flexibility index (Phi) is 4.74. The molecule has 0 aromatic heterocycles. The highest BCUT2D eigenvalue weighted by Crippen LogP contribution is 2.29. The van der Waals surface area contributed by atoms with Crippen molar-refractivity contribution in [2.75, 3.05) is 27.2 Å². The Bertz CT molecular complexity index is 240. The number of carbonyl (C=O) groups excluding carboxylic acids is 1. The van der Waals surface area contributed by atoms with Crippen molar-refractivity contribution < 1.29 is 4.79 Å². The Morgan fingerprint density at radius 3 is 2.62 bits per heavy atom. The summed E-state index contributed by atoms with van der Waals surface area (Å²) in [6.45, 7) is 4.12. The van der Waals surface area contributed by atoms with Crippen LogP contribution in [-0.2, 0) is 4.79 Å². The number of nitrogens with one attached hydrogen (secondary N) is 1. The minimum Gasteiger partial charge on any atom is -0.368 e. The number of primary amides is 1. The molecule has 1 atom stereocenters. The molecule has 0 aliphatic heterocycles. The Hall–Kier alpha value is -0.610. The molecule has 0 bridgehead atoms. The topological polar surface area (TPSA) is 58.4 Å². The maximum Gasteiger partial charge on any atom is 0.237 e. The maximum absolute atomic E-state index is 11.3. The van der Waals surface area contributed by atoms with E-state index in [1.165, 1.54) is 19.4 Å². The number of carbonyl (C=O) groups is 1. The molecule has 94 valence electrons. The van der Waals surface area contributed by atoms with Crippen molar-refractivity contribution in [2.45, 2.75) is 38.1 Å². The number of nitrogens with zero attached hydrogens (tertiary/aromatic N) is 1. The molecule has 1 aliphatic rings. The first-order valence-electron chi connectivity index (χ1n) is 6.15. The standard InChI is InChI=1S/C12H25N3O/c1-12(14-2,11(13)16)7-4-8-15(3)9-10-5-6-10/h10,14H,4-9H2,1-3H3,(H2,13,16). The molecule has 0 aromatic carbocycles. The molecule has 1 fully saturated rings. The normalized spacial score (nSPS) is 19.8. The summed E-state index contributed by atoms with van der Waals surface area (Å²) >= 11 is 0. The first-order chi connectivity index (χ1) is 7.48. The molecular weight excluding hydrogens is 202 g/mol. The fourth-order valence-electron chi connectivity index (χ4n) is 1.91. The summed E-state index contributed by atoms with van der Waals surface area (Å²) in [6, 6.07) is 0. The molecule has 0 aromatic rings. The molecule has 3 N–H and O–H groups in total. The predicted molar refractivity (Wildman–Crippen MR) is 66.1 cm³/mol. The first-order valence-corrected chi connectivity index (χ1v) is 6.15. The van der Waals surface area contributed by atoms with E-state index in [-0.39, 0.29) is 5.91 Å². The monoisotopic (exact) mass is 227 g/mol.